The molecule has 1 fully saturated rings. The van der Waals surface area contributed by atoms with E-state index in [0.29, 0.717) is 0 Å². The molecule has 0 spiro atoms. The summed E-state index contributed by atoms with van der Waals surface area (Å²) in [7, 11) is 0. The number of hydrogen-bond donors (Lipinski definition) is 2. The number of amides is 2. The second-order valence-electron chi connectivity index (χ2n) is 6.14. The predicted molar refractivity (Wildman–Crippen MR) is 95.4 cm³/mol. The van der Waals surface area contributed by atoms with Crippen molar-refractivity contribution in [1.82, 2.24) is 10.2 Å². The maximum Gasteiger partial charge on any atom is 0.241 e. The number of nitrogens with one attached hydrogen (secondary N) is 2. The average molecular weight is 382 g/mol. The van der Waals surface area contributed by atoms with Gasteiger partial charge in [0.1, 0.15) is 0 Å². The van der Waals surface area contributed by atoms with Gasteiger partial charge >= 0.3 is 0 Å². The second-order valence-corrected chi connectivity index (χ2v) is 7.00. The molecule has 0 unspecified atom stereocenters. The molecule has 6 heteroatoms. The Morgan fingerprint density at radius 1 is 1.30 bits per heavy atom. The zero-order valence-electron chi connectivity index (χ0n) is 13.9. The summed E-state index contributed by atoms with van der Waals surface area (Å²) in [5, 5.41) is 6.30. The Bertz CT molecular complexity index is 583. The number of anilines is 1. The molecule has 0 saturated carbocycles. The highest BCUT2D eigenvalue weighted by Crippen LogP contribution is 2.23. The van der Waals surface area contributed by atoms with Crippen molar-refractivity contribution >= 4 is 33.4 Å². The lowest BCUT2D eigenvalue weighted by Crippen LogP contribution is -2.49. The highest BCUT2D eigenvalue weighted by Gasteiger charge is 2.24. The van der Waals surface area contributed by atoms with E-state index in [1.165, 1.54) is 0 Å². The van der Waals surface area contributed by atoms with Crippen LogP contribution in [0.2, 0.25) is 0 Å². The maximum absolute atomic E-state index is 12.3. The summed E-state index contributed by atoms with van der Waals surface area (Å²) in [4.78, 5) is 25.5. The molecule has 1 aromatic rings. The molecule has 2 N–H and O–H groups in total. The first-order chi connectivity index (χ1) is 10.9. The Labute approximate surface area is 145 Å². The van der Waals surface area contributed by atoms with Crippen molar-refractivity contribution in [3.05, 3.63) is 28.2 Å². The SMILES string of the molecule is CC(=O)N1CCC(N[C@H](C)C(=O)Nc2ccc(C)cc2Br)CC1. The fourth-order valence-corrected chi connectivity index (χ4v) is 3.35. The minimum Gasteiger partial charge on any atom is -0.343 e. The van der Waals surface area contributed by atoms with E-state index in [0.717, 1.165) is 41.7 Å². The van der Waals surface area contributed by atoms with Crippen LogP contribution in [0.15, 0.2) is 22.7 Å². The fraction of sp³-hybridized carbons (Fsp3) is 0.529. The lowest BCUT2D eigenvalue weighted by Gasteiger charge is -2.33. The first kappa shape index (κ1) is 17.9. The van der Waals surface area contributed by atoms with Gasteiger partial charge in [-0.05, 0) is 60.3 Å². The highest BCUT2D eigenvalue weighted by atomic mass is 79.9. The third-order valence-corrected chi connectivity index (χ3v) is 4.86. The number of piperidine rings is 1. The van der Waals surface area contributed by atoms with E-state index in [1.807, 2.05) is 36.9 Å². The zero-order valence-corrected chi connectivity index (χ0v) is 15.4. The van der Waals surface area contributed by atoms with Gasteiger partial charge < -0.3 is 15.5 Å². The van der Waals surface area contributed by atoms with E-state index in [4.69, 9.17) is 0 Å². The number of nitrogens with zero attached hydrogens (tertiary/aromatic N) is 1. The van der Waals surface area contributed by atoms with Gasteiger partial charge in [0, 0.05) is 30.5 Å². The number of benzene rings is 1. The quantitative estimate of drug-likeness (QED) is 0.842. The van der Waals surface area contributed by atoms with Gasteiger partial charge in [-0.15, -0.1) is 0 Å². The molecule has 0 radical (unpaired) electrons. The monoisotopic (exact) mass is 381 g/mol. The van der Waals surface area contributed by atoms with Crippen molar-refractivity contribution in [3.8, 4) is 0 Å². The molecule has 1 heterocycles. The molecule has 1 atom stereocenters. The van der Waals surface area contributed by atoms with Crippen LogP contribution in [0.5, 0.6) is 0 Å². The van der Waals surface area contributed by atoms with Crippen molar-refractivity contribution in [3.63, 3.8) is 0 Å². The first-order valence-electron chi connectivity index (χ1n) is 7.95. The average Bonchev–Trinajstić information content (AvgIpc) is 2.50. The second kappa shape index (κ2) is 7.93. The number of hydrogen-bond acceptors (Lipinski definition) is 3. The molecule has 5 nitrogen and oxygen atoms in total. The Kier molecular flexibility index (Phi) is 6.18. The normalized spacial score (nSPS) is 17.0. The molecular formula is C17H24BrN3O2. The van der Waals surface area contributed by atoms with E-state index in [-0.39, 0.29) is 23.9 Å². The molecule has 1 aliphatic rings. The Hall–Kier alpha value is -1.40. The topological polar surface area (TPSA) is 61.4 Å². The van der Waals surface area contributed by atoms with Crippen molar-refractivity contribution in [2.75, 3.05) is 18.4 Å². The van der Waals surface area contributed by atoms with Crippen LogP contribution < -0.4 is 10.6 Å². The molecule has 2 rings (SSSR count). The molecule has 126 valence electrons. The Morgan fingerprint density at radius 2 is 1.96 bits per heavy atom. The molecule has 1 aromatic carbocycles. The Morgan fingerprint density at radius 3 is 2.52 bits per heavy atom. The highest BCUT2D eigenvalue weighted by molar-refractivity contribution is 9.10. The van der Waals surface area contributed by atoms with Crippen molar-refractivity contribution in [2.45, 2.75) is 45.7 Å². The molecule has 0 aromatic heterocycles. The summed E-state index contributed by atoms with van der Waals surface area (Å²) >= 11 is 3.47. The molecule has 1 saturated heterocycles. The molecule has 0 aliphatic carbocycles. The van der Waals surface area contributed by atoms with Gasteiger partial charge in [0.15, 0.2) is 0 Å². The number of carbonyl (C=O) groups excluding carboxylic acids is 2. The van der Waals surface area contributed by atoms with Gasteiger partial charge in [0.2, 0.25) is 11.8 Å². The van der Waals surface area contributed by atoms with Crippen LogP contribution in [0.25, 0.3) is 0 Å². The molecule has 0 bridgehead atoms. The molecule has 2 amide bonds. The van der Waals surface area contributed by atoms with Gasteiger partial charge in [-0.25, -0.2) is 0 Å². The number of rotatable bonds is 4. The third-order valence-electron chi connectivity index (χ3n) is 4.20. The van der Waals surface area contributed by atoms with Gasteiger partial charge in [0.25, 0.3) is 0 Å². The standard InChI is InChI=1S/C17H24BrN3O2/c1-11-4-5-16(15(18)10-11)20-17(23)12(2)19-14-6-8-21(9-7-14)13(3)22/h4-5,10,12,14,19H,6-9H2,1-3H3,(H,20,23)/t12-/m1/s1. The van der Waals surface area contributed by atoms with Gasteiger partial charge in [-0.1, -0.05) is 6.07 Å². The zero-order chi connectivity index (χ0) is 17.0. The number of likely N-dealkylation sites (tertiary alicyclic amines) is 1. The first-order valence-corrected chi connectivity index (χ1v) is 8.74. The van der Waals surface area contributed by atoms with Crippen LogP contribution >= 0.6 is 15.9 Å². The summed E-state index contributed by atoms with van der Waals surface area (Å²) < 4.78 is 0.882. The minimum atomic E-state index is -0.280. The van der Waals surface area contributed by atoms with Crippen LogP contribution in [-0.2, 0) is 9.59 Å². The van der Waals surface area contributed by atoms with E-state index in [1.54, 1.807) is 6.92 Å². The van der Waals surface area contributed by atoms with Gasteiger partial charge in [-0.2, -0.15) is 0 Å². The van der Waals surface area contributed by atoms with E-state index in [9.17, 15) is 9.59 Å². The summed E-state index contributed by atoms with van der Waals surface area (Å²) in [6, 6.07) is 5.83. The van der Waals surface area contributed by atoms with Crippen LogP contribution in [0.3, 0.4) is 0 Å². The lowest BCUT2D eigenvalue weighted by atomic mass is 10.0. The van der Waals surface area contributed by atoms with Crippen LogP contribution in [0.4, 0.5) is 5.69 Å². The fourth-order valence-electron chi connectivity index (χ4n) is 2.75. The summed E-state index contributed by atoms with van der Waals surface area (Å²) in [5.74, 6) is 0.0713. The predicted octanol–water partition coefficient (Wildman–Crippen LogP) is 2.69. The van der Waals surface area contributed by atoms with Crippen LogP contribution in [0.1, 0.15) is 32.3 Å². The molecular weight excluding hydrogens is 358 g/mol. The van der Waals surface area contributed by atoms with Gasteiger partial charge in [0.05, 0.1) is 11.7 Å². The number of aryl methyl sites for hydroxylation is 1. The Balaban J connectivity index is 1.85. The largest absolute Gasteiger partial charge is 0.343 e. The van der Waals surface area contributed by atoms with Crippen molar-refractivity contribution in [2.24, 2.45) is 0 Å². The van der Waals surface area contributed by atoms with Crippen LogP contribution in [0, 0.1) is 6.92 Å². The van der Waals surface area contributed by atoms with E-state index < -0.39 is 0 Å². The summed E-state index contributed by atoms with van der Waals surface area (Å²) in [6.07, 6.45) is 1.76. The minimum absolute atomic E-state index is 0.0523. The molecule has 1 aliphatic heterocycles. The third kappa shape index (κ3) is 5.04. The number of halogens is 1. The molecule has 23 heavy (non-hydrogen) atoms. The van der Waals surface area contributed by atoms with Crippen molar-refractivity contribution in [1.29, 1.82) is 0 Å². The maximum atomic E-state index is 12.3. The smallest absolute Gasteiger partial charge is 0.241 e. The summed E-state index contributed by atoms with van der Waals surface area (Å²) in [6.45, 7) is 6.99. The van der Waals surface area contributed by atoms with E-state index in [2.05, 4.69) is 26.6 Å². The number of carbonyl (C=O) groups is 2. The van der Waals surface area contributed by atoms with E-state index >= 15 is 0 Å². The van der Waals surface area contributed by atoms with Crippen LogP contribution in [-0.4, -0.2) is 41.9 Å². The lowest BCUT2D eigenvalue weighted by molar-refractivity contribution is -0.130. The van der Waals surface area contributed by atoms with Gasteiger partial charge in [-0.3, -0.25) is 9.59 Å². The summed E-state index contributed by atoms with van der Waals surface area (Å²) in [5.41, 5.74) is 1.92. The van der Waals surface area contributed by atoms with Crippen molar-refractivity contribution < 1.29 is 9.59 Å².